The molecule has 4 nitrogen and oxygen atoms in total. The van der Waals surface area contributed by atoms with Crippen molar-refractivity contribution in [2.24, 2.45) is 0 Å². The monoisotopic (exact) mass is 376 g/mol. The van der Waals surface area contributed by atoms with Gasteiger partial charge in [0.2, 0.25) is 0 Å². The summed E-state index contributed by atoms with van der Waals surface area (Å²) in [5.41, 5.74) is 3.40. The summed E-state index contributed by atoms with van der Waals surface area (Å²) in [6, 6.07) is 21.7. The van der Waals surface area contributed by atoms with Crippen molar-refractivity contribution in [3.8, 4) is 11.8 Å². The van der Waals surface area contributed by atoms with Crippen molar-refractivity contribution in [1.29, 1.82) is 5.26 Å². The first kappa shape index (κ1) is 18.5. The minimum Gasteiger partial charge on any atom is -0.489 e. The molecule has 0 spiro atoms. The molecule has 0 atom stereocenters. The number of nitriles is 1. The molecular formula is C22H17ClN2O2. The summed E-state index contributed by atoms with van der Waals surface area (Å²) in [5.74, 6) is 0.272. The standard InChI is InChI=1S/C22H17ClN2O2/c1-15-9-10-21(20(23)11-15)25-22(26)16-7-4-8-19(12-16)27-14-18-6-3-2-5-17(18)13-24/h2-12H,14H2,1H3,(H,25,26). The van der Waals surface area contributed by atoms with Crippen molar-refractivity contribution in [2.45, 2.75) is 13.5 Å². The lowest BCUT2D eigenvalue weighted by atomic mass is 10.1. The highest BCUT2D eigenvalue weighted by Crippen LogP contribution is 2.24. The summed E-state index contributed by atoms with van der Waals surface area (Å²) >= 11 is 6.17. The molecule has 0 saturated carbocycles. The zero-order valence-corrected chi connectivity index (χ0v) is 15.5. The molecule has 0 saturated heterocycles. The Labute approximate surface area is 163 Å². The van der Waals surface area contributed by atoms with Crippen molar-refractivity contribution in [2.75, 3.05) is 5.32 Å². The third kappa shape index (κ3) is 4.66. The number of ether oxygens (including phenoxy) is 1. The minimum absolute atomic E-state index is 0.249. The lowest BCUT2D eigenvalue weighted by Gasteiger charge is -2.10. The van der Waals surface area contributed by atoms with Gasteiger partial charge in [0.15, 0.2) is 0 Å². The molecule has 5 heteroatoms. The van der Waals surface area contributed by atoms with Gasteiger partial charge in [0, 0.05) is 11.1 Å². The van der Waals surface area contributed by atoms with Crippen molar-refractivity contribution in [1.82, 2.24) is 0 Å². The molecular weight excluding hydrogens is 360 g/mol. The van der Waals surface area contributed by atoms with Gasteiger partial charge in [0.25, 0.3) is 5.91 Å². The normalized spacial score (nSPS) is 10.1. The molecule has 134 valence electrons. The fraction of sp³-hybridized carbons (Fsp3) is 0.0909. The van der Waals surface area contributed by atoms with Crippen molar-refractivity contribution < 1.29 is 9.53 Å². The Hall–Kier alpha value is -3.29. The van der Waals surface area contributed by atoms with E-state index in [1.807, 2.05) is 31.2 Å². The second kappa shape index (κ2) is 8.39. The summed E-state index contributed by atoms with van der Waals surface area (Å²) in [6.07, 6.45) is 0. The lowest BCUT2D eigenvalue weighted by molar-refractivity contribution is 0.102. The van der Waals surface area contributed by atoms with E-state index in [2.05, 4.69) is 11.4 Å². The molecule has 0 aliphatic carbocycles. The second-order valence-corrected chi connectivity index (χ2v) is 6.43. The number of hydrogen-bond acceptors (Lipinski definition) is 3. The van der Waals surface area contributed by atoms with Crippen LogP contribution in [0.2, 0.25) is 5.02 Å². The molecule has 0 fully saturated rings. The lowest BCUT2D eigenvalue weighted by Crippen LogP contribution is -2.12. The average molecular weight is 377 g/mol. The van der Waals surface area contributed by atoms with Crippen LogP contribution in [-0.2, 0) is 6.61 Å². The number of nitrogens with one attached hydrogen (secondary N) is 1. The van der Waals surface area contributed by atoms with Gasteiger partial charge in [-0.05, 0) is 48.9 Å². The number of halogens is 1. The Morgan fingerprint density at radius 2 is 1.93 bits per heavy atom. The maximum absolute atomic E-state index is 12.5. The number of rotatable bonds is 5. The summed E-state index contributed by atoms with van der Waals surface area (Å²) in [5, 5.41) is 12.4. The molecule has 1 amide bonds. The fourth-order valence-corrected chi connectivity index (χ4v) is 2.84. The van der Waals surface area contributed by atoms with Crippen molar-refractivity contribution >= 4 is 23.2 Å². The van der Waals surface area contributed by atoms with Gasteiger partial charge in [0.1, 0.15) is 12.4 Å². The van der Waals surface area contributed by atoms with Crippen LogP contribution in [0.5, 0.6) is 5.75 Å². The van der Waals surface area contributed by atoms with E-state index in [4.69, 9.17) is 21.6 Å². The molecule has 0 aromatic heterocycles. The highest BCUT2D eigenvalue weighted by molar-refractivity contribution is 6.34. The molecule has 0 unspecified atom stereocenters. The van der Waals surface area contributed by atoms with Crippen LogP contribution in [0.15, 0.2) is 66.7 Å². The highest BCUT2D eigenvalue weighted by Gasteiger charge is 2.10. The largest absolute Gasteiger partial charge is 0.489 e. The molecule has 3 aromatic rings. The number of carbonyl (C=O) groups excluding carboxylic acids is 1. The van der Waals surface area contributed by atoms with E-state index in [0.29, 0.717) is 27.6 Å². The molecule has 0 bridgehead atoms. The van der Waals surface area contributed by atoms with Crippen LogP contribution < -0.4 is 10.1 Å². The van der Waals surface area contributed by atoms with E-state index in [1.165, 1.54) is 0 Å². The zero-order chi connectivity index (χ0) is 19.2. The predicted octanol–water partition coefficient (Wildman–Crippen LogP) is 5.35. The molecule has 27 heavy (non-hydrogen) atoms. The molecule has 0 aliphatic heterocycles. The molecule has 0 heterocycles. The summed E-state index contributed by atoms with van der Waals surface area (Å²) in [4.78, 5) is 12.5. The van der Waals surface area contributed by atoms with Gasteiger partial charge in [-0.15, -0.1) is 0 Å². The number of anilines is 1. The van der Waals surface area contributed by atoms with Crippen molar-refractivity contribution in [3.05, 3.63) is 94.0 Å². The number of nitrogens with zero attached hydrogens (tertiary/aromatic N) is 1. The number of benzene rings is 3. The fourth-order valence-electron chi connectivity index (χ4n) is 2.56. The number of aryl methyl sites for hydroxylation is 1. The topological polar surface area (TPSA) is 62.1 Å². The first-order chi connectivity index (χ1) is 13.1. The van der Waals surface area contributed by atoms with Gasteiger partial charge in [-0.25, -0.2) is 0 Å². The number of hydrogen-bond donors (Lipinski definition) is 1. The van der Waals surface area contributed by atoms with Gasteiger partial charge >= 0.3 is 0 Å². The first-order valence-corrected chi connectivity index (χ1v) is 8.73. The van der Waals surface area contributed by atoms with Gasteiger partial charge < -0.3 is 10.1 Å². The molecule has 0 radical (unpaired) electrons. The van der Waals surface area contributed by atoms with Gasteiger partial charge in [-0.3, -0.25) is 4.79 Å². The van der Waals surface area contributed by atoms with Crippen LogP contribution in [0, 0.1) is 18.3 Å². The van der Waals surface area contributed by atoms with Crippen molar-refractivity contribution in [3.63, 3.8) is 0 Å². The molecule has 0 aliphatic rings. The number of amides is 1. The Balaban J connectivity index is 1.71. The SMILES string of the molecule is Cc1ccc(NC(=O)c2cccc(OCc3ccccc3C#N)c2)c(Cl)c1. The highest BCUT2D eigenvalue weighted by atomic mass is 35.5. The Bertz CT molecular complexity index is 1020. The van der Waals surface area contributed by atoms with Gasteiger partial charge in [-0.1, -0.05) is 41.9 Å². The Morgan fingerprint density at radius 1 is 1.11 bits per heavy atom. The van der Waals surface area contributed by atoms with E-state index < -0.39 is 0 Å². The van der Waals surface area contributed by atoms with Gasteiger partial charge in [0.05, 0.1) is 22.3 Å². The van der Waals surface area contributed by atoms with Crippen LogP contribution in [0.25, 0.3) is 0 Å². The maximum Gasteiger partial charge on any atom is 0.255 e. The zero-order valence-electron chi connectivity index (χ0n) is 14.7. The third-order valence-corrected chi connectivity index (χ3v) is 4.31. The van der Waals surface area contributed by atoms with Crippen LogP contribution in [0.1, 0.15) is 27.0 Å². The van der Waals surface area contributed by atoms with Gasteiger partial charge in [-0.2, -0.15) is 5.26 Å². The smallest absolute Gasteiger partial charge is 0.255 e. The van der Waals surface area contributed by atoms with E-state index in [1.54, 1.807) is 42.5 Å². The van der Waals surface area contributed by atoms with Crippen LogP contribution in [0.3, 0.4) is 0 Å². The second-order valence-electron chi connectivity index (χ2n) is 6.02. The van der Waals surface area contributed by atoms with E-state index in [9.17, 15) is 4.79 Å². The molecule has 1 N–H and O–H groups in total. The van der Waals surface area contributed by atoms with E-state index >= 15 is 0 Å². The predicted molar refractivity (Wildman–Crippen MR) is 106 cm³/mol. The quantitative estimate of drug-likeness (QED) is 0.652. The minimum atomic E-state index is -0.274. The summed E-state index contributed by atoms with van der Waals surface area (Å²) in [6.45, 7) is 2.18. The average Bonchev–Trinajstić information content (AvgIpc) is 2.69. The molecule has 3 aromatic carbocycles. The van der Waals surface area contributed by atoms with E-state index in [0.717, 1.165) is 11.1 Å². The van der Waals surface area contributed by atoms with Crippen LogP contribution >= 0.6 is 11.6 Å². The number of carbonyl (C=O) groups is 1. The Kier molecular flexibility index (Phi) is 5.75. The summed E-state index contributed by atoms with van der Waals surface area (Å²) < 4.78 is 5.76. The Morgan fingerprint density at radius 3 is 2.70 bits per heavy atom. The van der Waals surface area contributed by atoms with Crippen LogP contribution in [-0.4, -0.2) is 5.91 Å². The van der Waals surface area contributed by atoms with Crippen LogP contribution in [0.4, 0.5) is 5.69 Å². The maximum atomic E-state index is 12.5. The molecule has 3 rings (SSSR count). The first-order valence-electron chi connectivity index (χ1n) is 8.35. The summed E-state index contributed by atoms with van der Waals surface area (Å²) in [7, 11) is 0. The van der Waals surface area contributed by atoms with E-state index in [-0.39, 0.29) is 12.5 Å². The third-order valence-electron chi connectivity index (χ3n) is 4.00.